The van der Waals surface area contributed by atoms with Crippen LogP contribution in [0.5, 0.6) is 0 Å². The summed E-state index contributed by atoms with van der Waals surface area (Å²) in [6, 6.07) is 0. The molecule has 0 radical (unpaired) electrons. The van der Waals surface area contributed by atoms with Gasteiger partial charge in [0.2, 0.25) is 0 Å². The van der Waals surface area contributed by atoms with Crippen molar-refractivity contribution >= 4 is 0 Å². The van der Waals surface area contributed by atoms with E-state index in [0.717, 1.165) is 37.1 Å². The van der Waals surface area contributed by atoms with Gasteiger partial charge >= 0.3 is 0 Å². The van der Waals surface area contributed by atoms with Crippen molar-refractivity contribution in [3.8, 4) is 0 Å². The van der Waals surface area contributed by atoms with E-state index in [1.807, 2.05) is 0 Å². The summed E-state index contributed by atoms with van der Waals surface area (Å²) >= 11 is 0. The Balaban J connectivity index is 1.23. The van der Waals surface area contributed by atoms with Gasteiger partial charge in [-0.15, -0.1) is 0 Å². The highest BCUT2D eigenvalue weighted by Gasteiger charge is 2.64. The second kappa shape index (κ2) is 8.73. The minimum Gasteiger partial charge on any atom is -0.382 e. The van der Waals surface area contributed by atoms with E-state index in [-0.39, 0.29) is 11.5 Å². The summed E-state index contributed by atoms with van der Waals surface area (Å²) in [5, 5.41) is 12.3. The summed E-state index contributed by atoms with van der Waals surface area (Å²) in [6.07, 6.45) is 13.3. The lowest BCUT2D eigenvalue weighted by Gasteiger charge is -2.63. The van der Waals surface area contributed by atoms with Gasteiger partial charge in [0.15, 0.2) is 6.29 Å². The summed E-state index contributed by atoms with van der Waals surface area (Å²) < 4.78 is 18.5. The van der Waals surface area contributed by atoms with Gasteiger partial charge in [0.1, 0.15) is 5.60 Å². The summed E-state index contributed by atoms with van der Waals surface area (Å²) in [6.45, 7) is 10.3. The highest BCUT2D eigenvalue weighted by atomic mass is 16.7. The van der Waals surface area contributed by atoms with Gasteiger partial charge in [0, 0.05) is 6.54 Å². The van der Waals surface area contributed by atoms with Crippen LogP contribution in [0.2, 0.25) is 0 Å². The Morgan fingerprint density at radius 2 is 1.73 bits per heavy atom. The first kappa shape index (κ1) is 23.2. The molecular formula is C28H47NO4. The van der Waals surface area contributed by atoms with E-state index >= 15 is 0 Å². The van der Waals surface area contributed by atoms with Crippen LogP contribution in [-0.4, -0.2) is 67.5 Å². The molecule has 2 heterocycles. The van der Waals surface area contributed by atoms with Crippen molar-refractivity contribution in [3.05, 3.63) is 0 Å². The number of hydrogen-bond acceptors (Lipinski definition) is 5. The SMILES string of the molecule is C[C@@]12CCC[C@H]1[C@@H]1CCC3CC(OCCN4CCCC4)C(O)(C4OCCO4)C[C@]3(C)[C@@H]1CC2. The topological polar surface area (TPSA) is 51.2 Å². The van der Waals surface area contributed by atoms with E-state index in [1.165, 1.54) is 70.9 Å². The summed E-state index contributed by atoms with van der Waals surface area (Å²) in [5.41, 5.74) is -0.301. The van der Waals surface area contributed by atoms with Gasteiger partial charge in [-0.25, -0.2) is 0 Å². The maximum absolute atomic E-state index is 12.3. The van der Waals surface area contributed by atoms with E-state index in [4.69, 9.17) is 14.2 Å². The molecule has 0 aromatic rings. The molecule has 6 aliphatic rings. The second-order valence-electron chi connectivity index (χ2n) is 13.1. The smallest absolute Gasteiger partial charge is 0.189 e. The van der Waals surface area contributed by atoms with E-state index < -0.39 is 11.9 Å². The van der Waals surface area contributed by atoms with Crippen LogP contribution in [0.4, 0.5) is 0 Å². The number of likely N-dealkylation sites (tertiary alicyclic amines) is 1. The zero-order valence-electron chi connectivity index (χ0n) is 21.1. The van der Waals surface area contributed by atoms with Crippen molar-refractivity contribution in [1.82, 2.24) is 4.90 Å². The Kier molecular flexibility index (Phi) is 6.14. The van der Waals surface area contributed by atoms with Crippen LogP contribution in [0.3, 0.4) is 0 Å². The molecule has 6 rings (SSSR count). The van der Waals surface area contributed by atoms with Crippen molar-refractivity contribution in [2.24, 2.45) is 34.5 Å². The summed E-state index contributed by atoms with van der Waals surface area (Å²) in [7, 11) is 0. The predicted octanol–water partition coefficient (Wildman–Crippen LogP) is 4.61. The molecule has 0 aromatic heterocycles. The van der Waals surface area contributed by atoms with Crippen LogP contribution in [0.15, 0.2) is 0 Å². The number of rotatable bonds is 5. The first-order valence-corrected chi connectivity index (χ1v) is 14.2. The molecule has 0 bridgehead atoms. The minimum absolute atomic E-state index is 0.158. The number of fused-ring (bicyclic) bond motifs is 5. The Bertz CT molecular complexity index is 706. The zero-order valence-corrected chi connectivity index (χ0v) is 21.1. The quantitative estimate of drug-likeness (QED) is 0.648. The Labute approximate surface area is 200 Å². The third-order valence-electron chi connectivity index (χ3n) is 11.5. The highest BCUT2D eigenvalue weighted by molar-refractivity contribution is 5.12. The lowest BCUT2D eigenvalue weighted by Crippen LogP contribution is -2.65. The van der Waals surface area contributed by atoms with E-state index in [0.29, 0.717) is 31.2 Å². The average molecular weight is 462 g/mol. The van der Waals surface area contributed by atoms with Crippen molar-refractivity contribution in [2.45, 2.75) is 102 Å². The minimum atomic E-state index is -1.04. The molecule has 33 heavy (non-hydrogen) atoms. The molecule has 2 aliphatic heterocycles. The Morgan fingerprint density at radius 3 is 2.52 bits per heavy atom. The molecule has 5 heteroatoms. The van der Waals surface area contributed by atoms with Crippen LogP contribution in [0, 0.1) is 34.5 Å². The average Bonchev–Trinajstić information content (AvgIpc) is 3.55. The molecule has 4 saturated carbocycles. The van der Waals surface area contributed by atoms with Crippen LogP contribution < -0.4 is 0 Å². The Morgan fingerprint density at radius 1 is 0.939 bits per heavy atom. The van der Waals surface area contributed by atoms with Gasteiger partial charge in [-0.1, -0.05) is 20.3 Å². The van der Waals surface area contributed by atoms with Gasteiger partial charge in [-0.3, -0.25) is 0 Å². The van der Waals surface area contributed by atoms with Gasteiger partial charge in [-0.2, -0.15) is 0 Å². The molecule has 6 fully saturated rings. The lowest BCUT2D eigenvalue weighted by atomic mass is 9.43. The van der Waals surface area contributed by atoms with E-state index in [1.54, 1.807) is 0 Å². The number of nitrogens with zero attached hydrogens (tertiary/aromatic N) is 1. The van der Waals surface area contributed by atoms with Gasteiger partial charge < -0.3 is 24.2 Å². The fourth-order valence-electron chi connectivity index (χ4n) is 9.80. The fourth-order valence-corrected chi connectivity index (χ4v) is 9.80. The molecule has 5 nitrogen and oxygen atoms in total. The van der Waals surface area contributed by atoms with Crippen LogP contribution in [0.25, 0.3) is 0 Å². The third-order valence-corrected chi connectivity index (χ3v) is 11.5. The van der Waals surface area contributed by atoms with E-state index in [2.05, 4.69) is 18.7 Å². The fraction of sp³-hybridized carbons (Fsp3) is 1.00. The Hall–Kier alpha value is -0.200. The first-order valence-electron chi connectivity index (χ1n) is 14.2. The van der Waals surface area contributed by atoms with Crippen molar-refractivity contribution in [3.63, 3.8) is 0 Å². The van der Waals surface area contributed by atoms with E-state index in [9.17, 15) is 5.11 Å². The van der Waals surface area contributed by atoms with Crippen molar-refractivity contribution in [2.75, 3.05) is 39.5 Å². The zero-order chi connectivity index (χ0) is 22.7. The predicted molar refractivity (Wildman–Crippen MR) is 128 cm³/mol. The van der Waals surface area contributed by atoms with Crippen molar-refractivity contribution < 1.29 is 19.3 Å². The van der Waals surface area contributed by atoms with Gasteiger partial charge in [0.05, 0.1) is 25.9 Å². The van der Waals surface area contributed by atoms with Crippen molar-refractivity contribution in [1.29, 1.82) is 0 Å². The van der Waals surface area contributed by atoms with Gasteiger partial charge in [0.25, 0.3) is 0 Å². The molecule has 0 aromatic carbocycles. The number of hydrogen-bond donors (Lipinski definition) is 1. The summed E-state index contributed by atoms with van der Waals surface area (Å²) in [4.78, 5) is 2.50. The molecule has 3 unspecified atom stereocenters. The van der Waals surface area contributed by atoms with Crippen LogP contribution in [-0.2, 0) is 14.2 Å². The normalized spacial score (nSPS) is 50.8. The second-order valence-corrected chi connectivity index (χ2v) is 13.1. The van der Waals surface area contributed by atoms with Crippen LogP contribution in [0.1, 0.15) is 84.5 Å². The lowest BCUT2D eigenvalue weighted by molar-refractivity contribution is -0.281. The highest BCUT2D eigenvalue weighted by Crippen LogP contribution is 2.67. The molecule has 2 saturated heterocycles. The number of ether oxygens (including phenoxy) is 3. The van der Waals surface area contributed by atoms with Gasteiger partial charge in [-0.05, 0) is 112 Å². The molecule has 0 spiro atoms. The molecule has 188 valence electrons. The summed E-state index contributed by atoms with van der Waals surface area (Å²) in [5.74, 6) is 3.11. The standard InChI is InChI=1S/C28H47NO4/c1-26-10-5-6-22(26)21-8-7-20-18-24(31-15-14-29-12-3-4-13-29)28(30,25-32-16-17-33-25)19-27(20,2)23(21)9-11-26/h20-25,30H,3-19H2,1-2H3/t20?,21-,22-,23+,24?,26-,27-,28?/m0/s1. The first-order chi connectivity index (χ1) is 15.9. The molecule has 1 N–H and O–H groups in total. The monoisotopic (exact) mass is 461 g/mol. The molecule has 8 atom stereocenters. The maximum atomic E-state index is 12.3. The molecule has 4 aliphatic carbocycles. The molecular weight excluding hydrogens is 414 g/mol. The van der Waals surface area contributed by atoms with Crippen LogP contribution >= 0.6 is 0 Å². The largest absolute Gasteiger partial charge is 0.382 e. The number of aliphatic hydroxyl groups is 1. The molecule has 0 amide bonds. The third kappa shape index (κ3) is 3.84. The maximum Gasteiger partial charge on any atom is 0.189 e.